The molecule has 0 bridgehead atoms. The minimum absolute atomic E-state index is 0.282. The predicted octanol–water partition coefficient (Wildman–Crippen LogP) is 3.71. The lowest BCUT2D eigenvalue weighted by Crippen LogP contribution is -2.40. The maximum absolute atomic E-state index is 13.2. The summed E-state index contributed by atoms with van der Waals surface area (Å²) in [6.45, 7) is 6.19. The van der Waals surface area contributed by atoms with Crippen LogP contribution in [0.5, 0.6) is 0 Å². The van der Waals surface area contributed by atoms with E-state index in [1.807, 2.05) is 13.8 Å². The van der Waals surface area contributed by atoms with Crippen LogP contribution in [0.4, 0.5) is 10.1 Å². The number of anilines is 1. The standard InChI is InChI=1S/C16H23BrFN5/c1-4-21-16(17)12(9-19)8-15(22-11(3)20)23-14-6-5-13(18)7-10(14)2/h5-7,9,15,19,21,23H,4,8H2,1-3H3,(H2,20,22)/b16-12-,19-9?. The molecular formula is C16H23BrFN5. The van der Waals surface area contributed by atoms with Gasteiger partial charge in [0.25, 0.3) is 0 Å². The van der Waals surface area contributed by atoms with Crippen LogP contribution in [0.3, 0.4) is 0 Å². The van der Waals surface area contributed by atoms with Gasteiger partial charge in [-0.3, -0.25) is 5.41 Å². The zero-order valence-electron chi connectivity index (χ0n) is 13.6. The van der Waals surface area contributed by atoms with E-state index in [2.05, 4.69) is 31.9 Å². The molecule has 0 spiro atoms. The van der Waals surface area contributed by atoms with E-state index in [0.29, 0.717) is 12.3 Å². The highest BCUT2D eigenvalue weighted by molar-refractivity contribution is 9.11. The molecule has 1 atom stereocenters. The fraction of sp³-hybridized carbons (Fsp3) is 0.375. The van der Waals surface area contributed by atoms with Crippen LogP contribution in [0, 0.1) is 23.6 Å². The van der Waals surface area contributed by atoms with Gasteiger partial charge in [-0.15, -0.1) is 0 Å². The molecule has 1 unspecified atom stereocenters. The van der Waals surface area contributed by atoms with Crippen molar-refractivity contribution in [1.29, 1.82) is 10.8 Å². The van der Waals surface area contributed by atoms with Crippen molar-refractivity contribution in [3.8, 4) is 0 Å². The molecule has 0 aliphatic rings. The lowest BCUT2D eigenvalue weighted by Gasteiger charge is -2.23. The molecule has 7 heteroatoms. The summed E-state index contributed by atoms with van der Waals surface area (Å²) in [5, 5.41) is 24.7. The van der Waals surface area contributed by atoms with Gasteiger partial charge in [0.1, 0.15) is 12.0 Å². The summed E-state index contributed by atoms with van der Waals surface area (Å²) in [5.74, 6) is 0.0296. The van der Waals surface area contributed by atoms with Crippen LogP contribution < -0.4 is 16.0 Å². The van der Waals surface area contributed by atoms with Crippen LogP contribution >= 0.6 is 15.9 Å². The first-order chi connectivity index (χ1) is 10.9. The van der Waals surface area contributed by atoms with Crippen LogP contribution in [0.15, 0.2) is 28.4 Å². The van der Waals surface area contributed by atoms with Gasteiger partial charge in [-0.2, -0.15) is 0 Å². The molecule has 5 nitrogen and oxygen atoms in total. The zero-order valence-corrected chi connectivity index (χ0v) is 15.1. The van der Waals surface area contributed by atoms with Gasteiger partial charge in [0.05, 0.1) is 10.4 Å². The molecule has 0 aliphatic heterocycles. The first kappa shape index (κ1) is 19.2. The SMILES string of the molecule is CCN/C(Br)=C(\C=N)CC(NC(C)=N)Nc1ccc(F)cc1C. The molecule has 0 amide bonds. The van der Waals surface area contributed by atoms with Crippen molar-refractivity contribution >= 4 is 33.7 Å². The maximum Gasteiger partial charge on any atom is 0.123 e. The summed E-state index contributed by atoms with van der Waals surface area (Å²) in [6, 6.07) is 4.52. The average Bonchev–Trinajstić information content (AvgIpc) is 2.47. The Balaban J connectivity index is 2.97. The number of rotatable bonds is 8. The van der Waals surface area contributed by atoms with Gasteiger partial charge < -0.3 is 21.4 Å². The minimum Gasteiger partial charge on any atom is -0.379 e. The summed E-state index contributed by atoms with van der Waals surface area (Å²) in [5.41, 5.74) is 2.33. The van der Waals surface area contributed by atoms with Gasteiger partial charge in [-0.25, -0.2) is 4.39 Å². The Hall–Kier alpha value is -1.89. The highest BCUT2D eigenvalue weighted by Crippen LogP contribution is 2.19. The molecule has 1 aromatic carbocycles. The van der Waals surface area contributed by atoms with Crippen molar-refractivity contribution in [2.24, 2.45) is 0 Å². The van der Waals surface area contributed by atoms with Crippen molar-refractivity contribution < 1.29 is 4.39 Å². The quantitative estimate of drug-likeness (QED) is 0.205. The van der Waals surface area contributed by atoms with E-state index in [-0.39, 0.29) is 12.0 Å². The van der Waals surface area contributed by atoms with Gasteiger partial charge in [0, 0.05) is 30.4 Å². The number of hydrogen-bond donors (Lipinski definition) is 5. The van der Waals surface area contributed by atoms with Crippen molar-refractivity contribution in [3.05, 3.63) is 39.8 Å². The summed E-state index contributed by atoms with van der Waals surface area (Å²) in [7, 11) is 0. The Morgan fingerprint density at radius 2 is 2.13 bits per heavy atom. The first-order valence-electron chi connectivity index (χ1n) is 7.34. The third kappa shape index (κ3) is 6.40. The van der Waals surface area contributed by atoms with Gasteiger partial charge >= 0.3 is 0 Å². The maximum atomic E-state index is 13.2. The number of amidine groups is 1. The monoisotopic (exact) mass is 383 g/mol. The second-order valence-corrected chi connectivity index (χ2v) is 5.94. The van der Waals surface area contributed by atoms with E-state index in [4.69, 9.17) is 10.8 Å². The summed E-state index contributed by atoms with van der Waals surface area (Å²) >= 11 is 3.43. The topological polar surface area (TPSA) is 83.8 Å². The molecule has 0 saturated carbocycles. The molecule has 23 heavy (non-hydrogen) atoms. The number of nitrogens with one attached hydrogen (secondary N) is 5. The average molecular weight is 384 g/mol. The summed E-state index contributed by atoms with van der Waals surface area (Å²) in [6.07, 6.45) is 1.46. The molecule has 126 valence electrons. The second-order valence-electron chi connectivity index (χ2n) is 5.14. The third-order valence-corrected chi connectivity index (χ3v) is 3.91. The predicted molar refractivity (Wildman–Crippen MR) is 98.1 cm³/mol. The highest BCUT2D eigenvalue weighted by atomic mass is 79.9. The van der Waals surface area contributed by atoms with Crippen LogP contribution in [0.2, 0.25) is 0 Å². The lowest BCUT2D eigenvalue weighted by molar-refractivity contribution is 0.625. The molecule has 0 fully saturated rings. The summed E-state index contributed by atoms with van der Waals surface area (Å²) in [4.78, 5) is 0. The van der Waals surface area contributed by atoms with Gasteiger partial charge in [-0.1, -0.05) is 0 Å². The smallest absolute Gasteiger partial charge is 0.123 e. The number of benzene rings is 1. The van der Waals surface area contributed by atoms with E-state index < -0.39 is 0 Å². The van der Waals surface area contributed by atoms with E-state index >= 15 is 0 Å². The lowest BCUT2D eigenvalue weighted by atomic mass is 10.1. The Labute approximate surface area is 144 Å². The van der Waals surface area contributed by atoms with Crippen molar-refractivity contribution in [3.63, 3.8) is 0 Å². The molecule has 0 aromatic heterocycles. The summed E-state index contributed by atoms with van der Waals surface area (Å²) < 4.78 is 14.0. The van der Waals surface area contributed by atoms with E-state index in [9.17, 15) is 4.39 Å². The Morgan fingerprint density at radius 1 is 1.43 bits per heavy atom. The number of hydrogen-bond acceptors (Lipinski definition) is 4. The third-order valence-electron chi connectivity index (χ3n) is 3.12. The molecule has 0 heterocycles. The van der Waals surface area contributed by atoms with Crippen LogP contribution in [-0.2, 0) is 0 Å². The first-order valence-corrected chi connectivity index (χ1v) is 8.14. The molecule has 5 N–H and O–H groups in total. The Bertz CT molecular complexity index is 600. The van der Waals surface area contributed by atoms with Gasteiger partial charge in [0.15, 0.2) is 0 Å². The fourth-order valence-corrected chi connectivity index (χ4v) is 2.63. The molecule has 0 saturated heterocycles. The van der Waals surface area contributed by atoms with Crippen LogP contribution in [0.25, 0.3) is 0 Å². The van der Waals surface area contributed by atoms with E-state index in [1.165, 1.54) is 18.3 Å². The van der Waals surface area contributed by atoms with Crippen LogP contribution in [-0.4, -0.2) is 24.8 Å². The Kier molecular flexibility index (Phi) is 7.74. The van der Waals surface area contributed by atoms with E-state index in [0.717, 1.165) is 28.0 Å². The van der Waals surface area contributed by atoms with Crippen molar-refractivity contribution in [1.82, 2.24) is 10.6 Å². The molecule has 0 aliphatic carbocycles. The molecule has 0 radical (unpaired) electrons. The highest BCUT2D eigenvalue weighted by Gasteiger charge is 2.14. The molecule has 1 aromatic rings. The largest absolute Gasteiger partial charge is 0.379 e. The van der Waals surface area contributed by atoms with Crippen molar-refractivity contribution in [2.45, 2.75) is 33.4 Å². The zero-order chi connectivity index (χ0) is 17.4. The molecule has 1 rings (SSSR count). The Morgan fingerprint density at radius 3 is 2.65 bits per heavy atom. The van der Waals surface area contributed by atoms with Crippen molar-refractivity contribution in [2.75, 3.05) is 11.9 Å². The van der Waals surface area contributed by atoms with Gasteiger partial charge in [0.2, 0.25) is 0 Å². The second kappa shape index (κ2) is 9.29. The number of aryl methyl sites for hydroxylation is 1. The van der Waals surface area contributed by atoms with Crippen LogP contribution in [0.1, 0.15) is 25.8 Å². The number of halogens is 2. The normalized spacial score (nSPS) is 12.9. The molecular weight excluding hydrogens is 361 g/mol. The minimum atomic E-state index is -0.292. The van der Waals surface area contributed by atoms with Gasteiger partial charge in [-0.05, 0) is 60.5 Å². The fourth-order valence-electron chi connectivity index (χ4n) is 2.08. The van der Waals surface area contributed by atoms with E-state index in [1.54, 1.807) is 13.0 Å².